The Hall–Kier alpha value is -11.6. The summed E-state index contributed by atoms with van der Waals surface area (Å²) in [7, 11) is 4.63. The molecule has 0 radical (unpaired) electrons. The second-order valence-corrected chi connectivity index (χ2v) is 31.9. The lowest BCUT2D eigenvalue weighted by atomic mass is 9.85. The van der Waals surface area contributed by atoms with Crippen molar-refractivity contribution in [1.29, 1.82) is 0 Å². The Morgan fingerprint density at radius 2 is 0.609 bits per heavy atom. The van der Waals surface area contributed by atoms with E-state index in [1.54, 1.807) is 156 Å². The highest BCUT2D eigenvalue weighted by molar-refractivity contribution is 6.07. The van der Waals surface area contributed by atoms with Gasteiger partial charge in [-0.3, -0.25) is 28.8 Å². The summed E-state index contributed by atoms with van der Waals surface area (Å²) in [6.07, 6.45) is -1.07. The van der Waals surface area contributed by atoms with Crippen LogP contribution in [0.25, 0.3) is 32.7 Å². The summed E-state index contributed by atoms with van der Waals surface area (Å²) in [5, 5.41) is 11.1. The standard InChI is InChI=1S/C88H112N12O15/c1-52-64(67-46-61(110-13)37-40-70(67)92-52)49-76(101)98(83(107)113-86(4,5)6)73(22-16-19-43-89)80(104)95-58-31-25-55(26-32-58)79(56-27-33-59(34-28-56)96-81(105)74(23-17-20-44-90)99(84(108)114-87(7,8)9)77(102)50-65-53(2)93-71-41-38-62(111-14)47-68(65)71)57-29-35-60(36-30-57)97-82(106)75(24-18-21-45-91)100(85(109)115-88(10,11)12)78(103)51-66-54(3)94-72-42-39-63(112-15)48-69(66)72/h25-42,46-48,73-75,79,92-94H,16-24,43-45,49-51,89-91H2,1-15H3,(H,95,104)(H,96,105)(H,97,106)/t73-,74-,75-/m0/s1. The second kappa shape index (κ2) is 38.5. The van der Waals surface area contributed by atoms with Crippen LogP contribution >= 0.6 is 0 Å². The highest BCUT2D eigenvalue weighted by Crippen LogP contribution is 2.37. The van der Waals surface area contributed by atoms with Crippen molar-refractivity contribution >= 4 is 103 Å². The van der Waals surface area contributed by atoms with Crippen molar-refractivity contribution in [2.24, 2.45) is 17.2 Å². The van der Waals surface area contributed by atoms with Crippen molar-refractivity contribution < 1.29 is 71.6 Å². The maximum Gasteiger partial charge on any atom is 0.417 e. The lowest BCUT2D eigenvalue weighted by Gasteiger charge is -2.32. The number of benzene rings is 6. The van der Waals surface area contributed by atoms with Gasteiger partial charge in [-0.15, -0.1) is 0 Å². The van der Waals surface area contributed by atoms with Gasteiger partial charge in [-0.25, -0.2) is 29.1 Å². The molecule has 0 spiro atoms. The molecule has 3 heterocycles. The van der Waals surface area contributed by atoms with Crippen LogP contribution in [0.1, 0.15) is 176 Å². The molecule has 0 unspecified atom stereocenters. The topological polar surface area (TPSA) is 380 Å². The SMILES string of the molecule is COc1ccc2[nH]c(C)c(CC(=O)N(C(=O)OC(C)(C)C)[C@@H](CCCCN)C(=O)Nc3ccc(C(c4ccc(NC(=O)[C@H](CCCCN)N(C(=O)Cc5c(C)[nH]c6ccc(OC)cc56)C(=O)OC(C)(C)C)cc4)c4ccc(NC(=O)[C@H](CCCCN)N(C(=O)Cc5c(C)[nH]c6ccc(OC)cc56)C(=O)OC(C)(C)C)cc4)cc3)c2c1. The molecule has 6 aromatic carbocycles. The van der Waals surface area contributed by atoms with Crippen LogP contribution in [-0.2, 0) is 62.2 Å². The van der Waals surface area contributed by atoms with E-state index in [2.05, 4.69) is 30.9 Å². The van der Waals surface area contributed by atoms with E-state index in [0.29, 0.717) is 139 Å². The van der Waals surface area contributed by atoms with E-state index in [4.69, 9.17) is 45.6 Å². The average Bonchev–Trinajstić information content (AvgIpc) is 1.74. The predicted molar refractivity (Wildman–Crippen MR) is 445 cm³/mol. The predicted octanol–water partition coefficient (Wildman–Crippen LogP) is 14.6. The first kappa shape index (κ1) is 87.4. The first-order valence-electron chi connectivity index (χ1n) is 39.0. The lowest BCUT2D eigenvalue weighted by molar-refractivity contribution is -0.137. The number of hydrogen-bond donors (Lipinski definition) is 9. The number of nitrogens with one attached hydrogen (secondary N) is 6. The van der Waals surface area contributed by atoms with Gasteiger partial charge < -0.3 is 76.5 Å². The summed E-state index contributed by atoms with van der Waals surface area (Å²) in [5.41, 5.74) is 24.0. The molecule has 115 heavy (non-hydrogen) atoms. The number of carbonyl (C=O) groups is 9. The molecule has 12 N–H and O–H groups in total. The molecule has 0 aliphatic rings. The van der Waals surface area contributed by atoms with Crippen LogP contribution < -0.4 is 47.4 Å². The maximum atomic E-state index is 15.0. The van der Waals surface area contributed by atoms with E-state index in [-0.39, 0.29) is 58.2 Å². The van der Waals surface area contributed by atoms with Crippen LogP contribution in [0.3, 0.4) is 0 Å². The smallest absolute Gasteiger partial charge is 0.417 e. The number of aromatic amines is 3. The number of fused-ring (bicyclic) bond motifs is 3. The zero-order valence-corrected chi connectivity index (χ0v) is 68.7. The monoisotopic (exact) mass is 1580 g/mol. The van der Waals surface area contributed by atoms with E-state index in [9.17, 15) is 28.8 Å². The van der Waals surface area contributed by atoms with Gasteiger partial charge in [-0.2, -0.15) is 0 Å². The average molecular weight is 1580 g/mol. The Morgan fingerprint density at radius 1 is 0.365 bits per heavy atom. The number of nitrogens with two attached hydrogens (primary N) is 3. The molecule has 0 saturated carbocycles. The minimum atomic E-state index is -1.36. The Labute approximate surface area is 671 Å². The van der Waals surface area contributed by atoms with E-state index in [1.807, 2.05) is 75.4 Å². The Morgan fingerprint density at radius 3 is 0.826 bits per heavy atom. The molecular formula is C88H112N12O15. The zero-order valence-electron chi connectivity index (χ0n) is 68.7. The molecule has 27 heteroatoms. The van der Waals surface area contributed by atoms with Gasteiger partial charge in [0.15, 0.2) is 0 Å². The quantitative estimate of drug-likeness (QED) is 0.0105. The van der Waals surface area contributed by atoms with E-state index in [0.717, 1.165) is 31.2 Å². The van der Waals surface area contributed by atoms with Crippen LogP contribution in [0.5, 0.6) is 17.2 Å². The van der Waals surface area contributed by atoms with Crippen LogP contribution in [0, 0.1) is 20.8 Å². The number of hydrogen-bond acceptors (Lipinski definition) is 18. The van der Waals surface area contributed by atoms with Gasteiger partial charge in [-0.05, 0) is 285 Å². The molecule has 3 aromatic heterocycles. The fraction of sp³-hybridized carbons (Fsp3) is 0.420. The molecule has 9 amide bonds. The minimum Gasteiger partial charge on any atom is -0.497 e. The first-order chi connectivity index (χ1) is 54.6. The number of unbranched alkanes of at least 4 members (excludes halogenated alkanes) is 3. The molecule has 3 atom stereocenters. The molecular weight excluding hydrogens is 1470 g/mol. The molecule has 614 valence electrons. The molecule has 0 fully saturated rings. The van der Waals surface area contributed by atoms with Gasteiger partial charge in [-0.1, -0.05) is 36.4 Å². The Balaban J connectivity index is 1.07. The summed E-state index contributed by atoms with van der Waals surface area (Å²) < 4.78 is 34.2. The summed E-state index contributed by atoms with van der Waals surface area (Å²) in [6, 6.07) is 33.3. The van der Waals surface area contributed by atoms with Gasteiger partial charge in [0.1, 0.15) is 52.2 Å². The van der Waals surface area contributed by atoms with Gasteiger partial charge in [0.05, 0.1) is 40.6 Å². The summed E-state index contributed by atoms with van der Waals surface area (Å²) >= 11 is 0. The molecule has 0 saturated heterocycles. The number of carbonyl (C=O) groups excluding carboxylic acids is 9. The number of aryl methyl sites for hydroxylation is 3. The van der Waals surface area contributed by atoms with Gasteiger partial charge in [0.25, 0.3) is 0 Å². The van der Waals surface area contributed by atoms with E-state index >= 15 is 14.4 Å². The Bertz CT molecular complexity index is 4460. The minimum absolute atomic E-state index is 0.0512. The molecule has 0 aliphatic heterocycles. The van der Waals surface area contributed by atoms with Gasteiger partial charge in [0.2, 0.25) is 35.4 Å². The molecule has 0 aliphatic carbocycles. The third kappa shape index (κ3) is 22.7. The van der Waals surface area contributed by atoms with E-state index < -0.39 is 94.6 Å². The van der Waals surface area contributed by atoms with E-state index in [1.165, 1.54) is 0 Å². The summed E-state index contributed by atoms with van der Waals surface area (Å²) in [5.74, 6) is -2.96. The summed E-state index contributed by atoms with van der Waals surface area (Å²) in [4.78, 5) is 146. The Kier molecular flexibility index (Phi) is 29.3. The number of aromatic nitrogens is 3. The van der Waals surface area contributed by atoms with Crippen molar-refractivity contribution in [3.8, 4) is 17.2 Å². The fourth-order valence-corrected chi connectivity index (χ4v) is 14.1. The normalized spacial score (nSPS) is 12.5. The number of H-pyrrole nitrogens is 3. The van der Waals surface area contributed by atoms with Crippen LogP contribution in [0.4, 0.5) is 31.4 Å². The van der Waals surface area contributed by atoms with Gasteiger partial charge >= 0.3 is 18.3 Å². The molecule has 27 nitrogen and oxygen atoms in total. The number of rotatable bonds is 33. The lowest BCUT2D eigenvalue weighted by Crippen LogP contribution is -2.52. The number of methoxy groups -OCH3 is 3. The molecule has 9 aromatic rings. The number of imide groups is 3. The third-order valence-electron chi connectivity index (χ3n) is 19.7. The van der Waals surface area contributed by atoms with Crippen LogP contribution in [-0.4, -0.2) is 159 Å². The number of anilines is 3. The summed E-state index contributed by atoms with van der Waals surface area (Å²) in [6.45, 7) is 21.4. The molecule has 9 rings (SSSR count). The van der Waals surface area contributed by atoms with Crippen molar-refractivity contribution in [2.45, 2.75) is 201 Å². The maximum absolute atomic E-state index is 15.0. The van der Waals surface area contributed by atoms with Crippen LogP contribution in [0.2, 0.25) is 0 Å². The first-order valence-corrected chi connectivity index (χ1v) is 39.0. The number of nitrogens with zero attached hydrogens (tertiary/aromatic N) is 3. The highest BCUT2D eigenvalue weighted by Gasteiger charge is 2.42. The number of amides is 9. The van der Waals surface area contributed by atoms with Crippen molar-refractivity contribution in [3.05, 3.63) is 178 Å². The molecule has 0 bridgehead atoms. The van der Waals surface area contributed by atoms with Crippen LogP contribution in [0.15, 0.2) is 127 Å². The van der Waals surface area contributed by atoms with Crippen molar-refractivity contribution in [2.75, 3.05) is 56.9 Å². The van der Waals surface area contributed by atoms with Crippen molar-refractivity contribution in [1.82, 2.24) is 29.7 Å². The largest absolute Gasteiger partial charge is 0.497 e. The third-order valence-corrected chi connectivity index (χ3v) is 19.7. The number of ether oxygens (including phenoxy) is 6. The second-order valence-electron chi connectivity index (χ2n) is 31.9. The fourth-order valence-electron chi connectivity index (χ4n) is 14.1. The van der Waals surface area contributed by atoms with Crippen molar-refractivity contribution in [3.63, 3.8) is 0 Å². The highest BCUT2D eigenvalue weighted by atomic mass is 16.6. The zero-order chi connectivity index (χ0) is 83.8. The van der Waals surface area contributed by atoms with Gasteiger partial charge in [0, 0.05) is 72.8 Å².